The summed E-state index contributed by atoms with van der Waals surface area (Å²) in [5, 5.41) is 3.30. The van der Waals surface area contributed by atoms with Crippen LogP contribution in [0.3, 0.4) is 0 Å². The van der Waals surface area contributed by atoms with Crippen molar-refractivity contribution in [3.63, 3.8) is 0 Å². The minimum absolute atomic E-state index is 0.205. The molecule has 0 bridgehead atoms. The second kappa shape index (κ2) is 7.99. The zero-order valence-electron chi connectivity index (χ0n) is 13.1. The average molecular weight is 425 g/mol. The number of anilines is 1. The molecule has 2 aromatic carbocycles. The number of ether oxygens (including phenoxy) is 2. The zero-order chi connectivity index (χ0) is 17.8. The highest BCUT2D eigenvalue weighted by Gasteiger charge is 2.23. The predicted octanol–water partition coefficient (Wildman–Crippen LogP) is 4.44. The van der Waals surface area contributed by atoms with Crippen LogP contribution in [-0.4, -0.2) is 24.6 Å². The Kier molecular flexibility index (Phi) is 5.73. The molecular weight excluding hydrogens is 410 g/mol. The van der Waals surface area contributed by atoms with Gasteiger partial charge in [0, 0.05) is 17.3 Å². The molecule has 5 nitrogen and oxygen atoms in total. The predicted molar refractivity (Wildman–Crippen MR) is 98.2 cm³/mol. The lowest BCUT2D eigenvalue weighted by atomic mass is 10.2. The number of nitrogens with one attached hydrogen (secondary N) is 1. The van der Waals surface area contributed by atoms with Gasteiger partial charge >= 0.3 is 5.97 Å². The summed E-state index contributed by atoms with van der Waals surface area (Å²) in [7, 11) is 0. The van der Waals surface area contributed by atoms with Crippen molar-refractivity contribution in [2.45, 2.75) is 18.9 Å². The van der Waals surface area contributed by atoms with Gasteiger partial charge in [-0.05, 0) is 65.2 Å². The standard InChI is InChI=1S/C18H15BrClNO4/c19-14-10-12(20)6-7-15(14)25-18(23)11-3-1-4-13(9-11)21-17(22)16-5-2-8-24-16/h1,3-4,6-7,9-10,16H,2,5,8H2,(H,21,22). The molecule has 1 fully saturated rings. The van der Waals surface area contributed by atoms with Crippen molar-refractivity contribution in [1.82, 2.24) is 0 Å². The quantitative estimate of drug-likeness (QED) is 0.582. The molecule has 2 aromatic rings. The number of benzene rings is 2. The Morgan fingerprint density at radius 2 is 2.08 bits per heavy atom. The summed E-state index contributed by atoms with van der Waals surface area (Å²) < 4.78 is 11.3. The molecule has 1 N–H and O–H groups in total. The minimum atomic E-state index is -0.531. The molecule has 1 aliphatic rings. The number of halogens is 2. The Morgan fingerprint density at radius 1 is 1.24 bits per heavy atom. The van der Waals surface area contributed by atoms with Crippen LogP contribution in [0.25, 0.3) is 0 Å². The van der Waals surface area contributed by atoms with Gasteiger partial charge in [-0.25, -0.2) is 4.79 Å². The molecule has 25 heavy (non-hydrogen) atoms. The smallest absolute Gasteiger partial charge is 0.343 e. The summed E-state index contributed by atoms with van der Waals surface area (Å²) >= 11 is 9.17. The van der Waals surface area contributed by atoms with Crippen LogP contribution in [0.4, 0.5) is 5.69 Å². The summed E-state index contributed by atoms with van der Waals surface area (Å²) in [6.07, 6.45) is 1.15. The van der Waals surface area contributed by atoms with Crippen molar-refractivity contribution < 1.29 is 19.1 Å². The summed E-state index contributed by atoms with van der Waals surface area (Å²) in [5.74, 6) is -0.372. The van der Waals surface area contributed by atoms with E-state index in [9.17, 15) is 9.59 Å². The highest BCUT2D eigenvalue weighted by molar-refractivity contribution is 9.10. The molecule has 0 aromatic heterocycles. The van der Waals surface area contributed by atoms with Crippen LogP contribution in [0.2, 0.25) is 5.02 Å². The van der Waals surface area contributed by atoms with E-state index in [4.69, 9.17) is 21.1 Å². The Morgan fingerprint density at radius 3 is 2.80 bits per heavy atom. The minimum Gasteiger partial charge on any atom is -0.422 e. The summed E-state index contributed by atoms with van der Waals surface area (Å²) in [4.78, 5) is 24.4. The topological polar surface area (TPSA) is 64.6 Å². The van der Waals surface area contributed by atoms with Crippen LogP contribution in [0.15, 0.2) is 46.9 Å². The summed E-state index contributed by atoms with van der Waals surface area (Å²) in [6, 6.07) is 11.5. The average Bonchev–Trinajstić information content (AvgIpc) is 3.12. The SMILES string of the molecule is O=C(Oc1ccc(Cl)cc1Br)c1cccc(NC(=O)C2CCCO2)c1. The fraction of sp³-hybridized carbons (Fsp3) is 0.222. The van der Waals surface area contributed by atoms with E-state index in [0.29, 0.717) is 39.5 Å². The first-order valence-electron chi connectivity index (χ1n) is 7.73. The van der Waals surface area contributed by atoms with E-state index in [0.717, 1.165) is 6.42 Å². The number of esters is 1. The molecule has 1 heterocycles. The first-order chi connectivity index (χ1) is 12.0. The monoisotopic (exact) mass is 423 g/mol. The van der Waals surface area contributed by atoms with Gasteiger partial charge in [0.1, 0.15) is 11.9 Å². The number of carbonyl (C=O) groups excluding carboxylic acids is 2. The lowest BCUT2D eigenvalue weighted by Gasteiger charge is -2.11. The molecule has 0 saturated carbocycles. The van der Waals surface area contributed by atoms with E-state index in [1.165, 1.54) is 0 Å². The van der Waals surface area contributed by atoms with Crippen LogP contribution in [0.5, 0.6) is 5.75 Å². The summed E-state index contributed by atoms with van der Waals surface area (Å²) in [6.45, 7) is 0.598. The molecule has 3 rings (SSSR count). The van der Waals surface area contributed by atoms with E-state index in [1.54, 1.807) is 42.5 Å². The lowest BCUT2D eigenvalue weighted by Crippen LogP contribution is -2.26. The van der Waals surface area contributed by atoms with Crippen molar-refractivity contribution in [2.75, 3.05) is 11.9 Å². The maximum absolute atomic E-state index is 12.3. The number of hydrogen-bond acceptors (Lipinski definition) is 4. The molecule has 130 valence electrons. The van der Waals surface area contributed by atoms with Gasteiger partial charge in [-0.3, -0.25) is 4.79 Å². The Balaban J connectivity index is 1.69. The molecule has 1 saturated heterocycles. The fourth-order valence-corrected chi connectivity index (χ4v) is 3.21. The molecular formula is C18H15BrClNO4. The first-order valence-corrected chi connectivity index (χ1v) is 8.90. The van der Waals surface area contributed by atoms with E-state index >= 15 is 0 Å². The molecule has 1 amide bonds. The molecule has 0 aliphatic carbocycles. The summed E-state index contributed by atoms with van der Waals surface area (Å²) in [5.41, 5.74) is 0.845. The fourth-order valence-electron chi connectivity index (χ4n) is 2.45. The van der Waals surface area contributed by atoms with E-state index in [1.807, 2.05) is 0 Å². The Hall–Kier alpha value is -1.89. The van der Waals surface area contributed by atoms with E-state index < -0.39 is 12.1 Å². The van der Waals surface area contributed by atoms with Gasteiger partial charge in [0.25, 0.3) is 5.91 Å². The third-order valence-electron chi connectivity index (χ3n) is 3.68. The largest absolute Gasteiger partial charge is 0.422 e. The van der Waals surface area contributed by atoms with Crippen molar-refractivity contribution >= 4 is 45.1 Å². The van der Waals surface area contributed by atoms with Gasteiger partial charge in [-0.1, -0.05) is 17.7 Å². The van der Waals surface area contributed by atoms with Crippen LogP contribution >= 0.6 is 27.5 Å². The third-order valence-corrected chi connectivity index (χ3v) is 4.54. The second-order valence-corrected chi connectivity index (χ2v) is 6.83. The zero-order valence-corrected chi connectivity index (χ0v) is 15.5. The molecule has 0 radical (unpaired) electrons. The Bertz CT molecular complexity index is 805. The van der Waals surface area contributed by atoms with Crippen molar-refractivity contribution in [3.8, 4) is 5.75 Å². The molecule has 7 heteroatoms. The van der Waals surface area contributed by atoms with Crippen LogP contribution in [-0.2, 0) is 9.53 Å². The third kappa shape index (κ3) is 4.60. The van der Waals surface area contributed by atoms with Gasteiger partial charge in [-0.15, -0.1) is 0 Å². The van der Waals surface area contributed by atoms with E-state index in [-0.39, 0.29) is 5.91 Å². The number of carbonyl (C=O) groups is 2. The molecule has 1 atom stereocenters. The molecule has 1 aliphatic heterocycles. The van der Waals surface area contributed by atoms with Gasteiger partial charge in [0.05, 0.1) is 10.0 Å². The van der Waals surface area contributed by atoms with Gasteiger partial charge in [0.15, 0.2) is 0 Å². The second-order valence-electron chi connectivity index (χ2n) is 5.54. The van der Waals surface area contributed by atoms with Crippen LogP contribution in [0.1, 0.15) is 23.2 Å². The van der Waals surface area contributed by atoms with Crippen LogP contribution in [0, 0.1) is 0 Å². The van der Waals surface area contributed by atoms with Gasteiger partial charge < -0.3 is 14.8 Å². The van der Waals surface area contributed by atoms with Crippen molar-refractivity contribution in [3.05, 3.63) is 57.5 Å². The molecule has 0 spiro atoms. The normalized spacial score (nSPS) is 16.5. The first kappa shape index (κ1) is 17.9. The van der Waals surface area contributed by atoms with Crippen LogP contribution < -0.4 is 10.1 Å². The Labute approximate surface area is 158 Å². The van der Waals surface area contributed by atoms with Gasteiger partial charge in [-0.2, -0.15) is 0 Å². The number of amides is 1. The van der Waals surface area contributed by atoms with Crippen molar-refractivity contribution in [1.29, 1.82) is 0 Å². The maximum Gasteiger partial charge on any atom is 0.343 e. The number of rotatable bonds is 4. The maximum atomic E-state index is 12.3. The number of hydrogen-bond donors (Lipinski definition) is 1. The highest BCUT2D eigenvalue weighted by atomic mass is 79.9. The van der Waals surface area contributed by atoms with Crippen molar-refractivity contribution in [2.24, 2.45) is 0 Å². The lowest BCUT2D eigenvalue weighted by molar-refractivity contribution is -0.124. The van der Waals surface area contributed by atoms with E-state index in [2.05, 4.69) is 21.2 Å². The molecule has 1 unspecified atom stereocenters. The highest BCUT2D eigenvalue weighted by Crippen LogP contribution is 2.28. The van der Waals surface area contributed by atoms with Gasteiger partial charge in [0.2, 0.25) is 0 Å².